The minimum Gasteiger partial charge on any atom is -0.450 e. The highest BCUT2D eigenvalue weighted by atomic mass is 31.2. The van der Waals surface area contributed by atoms with E-state index < -0.39 is 12.6 Å². The van der Waals surface area contributed by atoms with E-state index in [-0.39, 0.29) is 17.5 Å². The molecule has 34 heavy (non-hydrogen) atoms. The van der Waals surface area contributed by atoms with Crippen LogP contribution in [-0.4, -0.2) is 40.4 Å². The Labute approximate surface area is 197 Å². The summed E-state index contributed by atoms with van der Waals surface area (Å²) in [5.41, 5.74) is 3.72. The van der Waals surface area contributed by atoms with Gasteiger partial charge in [0, 0.05) is 32.2 Å². The Morgan fingerprint density at radius 2 is 1.56 bits per heavy atom. The molecule has 0 aromatic heterocycles. The Kier molecular flexibility index (Phi) is 5.26. The highest BCUT2D eigenvalue weighted by Gasteiger charge is 2.51. The van der Waals surface area contributed by atoms with Crippen LogP contribution >= 0.6 is 7.67 Å². The van der Waals surface area contributed by atoms with Gasteiger partial charge in [-0.15, -0.1) is 0 Å². The molecule has 174 valence electrons. The number of aryl methyl sites for hydroxylation is 1. The van der Waals surface area contributed by atoms with Gasteiger partial charge >= 0.3 is 13.4 Å². The van der Waals surface area contributed by atoms with E-state index in [0.717, 1.165) is 48.4 Å². The number of hydrogen-bond donors (Lipinski definition) is 0. The lowest BCUT2D eigenvalue weighted by Gasteiger charge is -2.24. The first-order valence-electron chi connectivity index (χ1n) is 11.4. The number of rotatable bonds is 8. The van der Waals surface area contributed by atoms with Crippen LogP contribution in [0.3, 0.4) is 0 Å². The maximum Gasteiger partial charge on any atom is 0.346 e. The SMILES string of the molecule is O=[N+]([O-])c1cc2c(cc1Oc1ccc(-c3ccccc3)cc1)C(OP(=O)(N1CC1)N1CC1)CC2. The minimum absolute atomic E-state index is 0.0772. The quantitative estimate of drug-likeness (QED) is 0.176. The van der Waals surface area contributed by atoms with Gasteiger partial charge in [-0.2, -0.15) is 0 Å². The zero-order valence-corrected chi connectivity index (χ0v) is 19.4. The van der Waals surface area contributed by atoms with Gasteiger partial charge in [-0.3, -0.25) is 19.2 Å². The fraction of sp³-hybridized carbons (Fsp3) is 0.280. The molecule has 1 unspecified atom stereocenters. The average molecular weight is 477 g/mol. The van der Waals surface area contributed by atoms with Gasteiger partial charge in [0.25, 0.3) is 0 Å². The van der Waals surface area contributed by atoms with Crippen LogP contribution in [0.1, 0.15) is 23.7 Å². The molecule has 2 fully saturated rings. The van der Waals surface area contributed by atoms with Gasteiger partial charge < -0.3 is 4.74 Å². The third-order valence-electron chi connectivity index (χ3n) is 6.46. The second-order valence-corrected chi connectivity index (χ2v) is 11.1. The predicted octanol–water partition coefficient (Wildman–Crippen LogP) is 5.80. The van der Waals surface area contributed by atoms with Crippen molar-refractivity contribution in [1.82, 2.24) is 9.34 Å². The molecule has 0 saturated carbocycles. The number of nitro benzene ring substituents is 1. The van der Waals surface area contributed by atoms with Crippen LogP contribution in [0.5, 0.6) is 11.5 Å². The summed E-state index contributed by atoms with van der Waals surface area (Å²) in [5.74, 6) is 0.678. The van der Waals surface area contributed by atoms with Crippen molar-refractivity contribution in [3.8, 4) is 22.6 Å². The van der Waals surface area contributed by atoms with E-state index in [4.69, 9.17) is 9.26 Å². The van der Waals surface area contributed by atoms with Crippen LogP contribution in [0.25, 0.3) is 11.1 Å². The first-order valence-corrected chi connectivity index (χ1v) is 13.0. The molecule has 1 atom stereocenters. The molecule has 0 bridgehead atoms. The molecular formula is C25H24N3O5P. The first kappa shape index (κ1) is 21.5. The van der Waals surface area contributed by atoms with Gasteiger partial charge in [-0.05, 0) is 53.3 Å². The zero-order valence-electron chi connectivity index (χ0n) is 18.5. The average Bonchev–Trinajstić information content (AvgIpc) is 3.77. The largest absolute Gasteiger partial charge is 0.450 e. The molecular weight excluding hydrogens is 453 g/mol. The fourth-order valence-electron chi connectivity index (χ4n) is 4.47. The molecule has 3 aromatic carbocycles. The number of hydrogen-bond acceptors (Lipinski definition) is 5. The summed E-state index contributed by atoms with van der Waals surface area (Å²) in [4.78, 5) is 11.4. The molecule has 3 aromatic rings. The lowest BCUT2D eigenvalue weighted by atomic mass is 10.1. The van der Waals surface area contributed by atoms with Crippen LogP contribution in [0, 0.1) is 10.1 Å². The predicted molar refractivity (Wildman–Crippen MR) is 128 cm³/mol. The molecule has 0 spiro atoms. The Morgan fingerprint density at radius 3 is 2.18 bits per heavy atom. The minimum atomic E-state index is -3.00. The van der Waals surface area contributed by atoms with Gasteiger partial charge in [0.2, 0.25) is 5.75 Å². The third-order valence-corrected chi connectivity index (χ3v) is 9.21. The monoisotopic (exact) mass is 477 g/mol. The summed E-state index contributed by atoms with van der Waals surface area (Å²) in [6, 6.07) is 20.7. The van der Waals surface area contributed by atoms with Crippen LogP contribution in [-0.2, 0) is 15.5 Å². The van der Waals surface area contributed by atoms with Crippen molar-refractivity contribution in [2.24, 2.45) is 0 Å². The van der Waals surface area contributed by atoms with Crippen molar-refractivity contribution in [2.75, 3.05) is 26.2 Å². The van der Waals surface area contributed by atoms with Gasteiger partial charge in [-0.25, -0.2) is 9.34 Å². The van der Waals surface area contributed by atoms with Crippen molar-refractivity contribution in [3.05, 3.63) is 88.0 Å². The highest BCUT2D eigenvalue weighted by molar-refractivity contribution is 7.54. The van der Waals surface area contributed by atoms with E-state index in [1.165, 1.54) is 0 Å². The van der Waals surface area contributed by atoms with Crippen LogP contribution in [0.4, 0.5) is 5.69 Å². The molecule has 1 aliphatic carbocycles. The van der Waals surface area contributed by atoms with E-state index in [1.807, 2.05) is 63.9 Å². The fourth-order valence-corrected chi connectivity index (χ4v) is 6.83. The van der Waals surface area contributed by atoms with E-state index in [9.17, 15) is 14.7 Å². The Bertz CT molecular complexity index is 1270. The summed E-state index contributed by atoms with van der Waals surface area (Å²) in [7, 11) is -3.00. The summed E-state index contributed by atoms with van der Waals surface area (Å²) in [6.45, 7) is 3.11. The Balaban J connectivity index is 1.28. The van der Waals surface area contributed by atoms with E-state index in [1.54, 1.807) is 12.1 Å². The van der Waals surface area contributed by atoms with E-state index >= 15 is 0 Å². The molecule has 6 rings (SSSR count). The lowest BCUT2D eigenvalue weighted by Crippen LogP contribution is -2.11. The second kappa shape index (κ2) is 8.32. The Hall–Kier alpha value is -3.03. The normalized spacial score (nSPS) is 19.6. The maximum absolute atomic E-state index is 13.5. The molecule has 2 aliphatic heterocycles. The molecule has 0 N–H and O–H groups in total. The Morgan fingerprint density at radius 1 is 0.912 bits per heavy atom. The van der Waals surface area contributed by atoms with Crippen molar-refractivity contribution >= 4 is 13.4 Å². The van der Waals surface area contributed by atoms with Gasteiger partial charge in [0.1, 0.15) is 5.75 Å². The van der Waals surface area contributed by atoms with Crippen molar-refractivity contribution in [1.29, 1.82) is 0 Å². The van der Waals surface area contributed by atoms with Crippen LogP contribution in [0.2, 0.25) is 0 Å². The van der Waals surface area contributed by atoms with Gasteiger partial charge in [0.05, 0.1) is 11.0 Å². The van der Waals surface area contributed by atoms with Gasteiger partial charge in [-0.1, -0.05) is 42.5 Å². The summed E-state index contributed by atoms with van der Waals surface area (Å²) >= 11 is 0. The molecule has 8 nitrogen and oxygen atoms in total. The lowest BCUT2D eigenvalue weighted by molar-refractivity contribution is -0.385. The second-order valence-electron chi connectivity index (χ2n) is 8.80. The van der Waals surface area contributed by atoms with Crippen molar-refractivity contribution < 1.29 is 18.7 Å². The van der Waals surface area contributed by atoms with Crippen LogP contribution in [0.15, 0.2) is 66.7 Å². The van der Waals surface area contributed by atoms with Crippen LogP contribution < -0.4 is 4.74 Å². The number of ether oxygens (including phenoxy) is 1. The summed E-state index contributed by atoms with van der Waals surface area (Å²) in [6.07, 6.45) is 0.922. The molecule has 3 aliphatic rings. The number of benzene rings is 3. The van der Waals surface area contributed by atoms with Gasteiger partial charge in [0.15, 0.2) is 0 Å². The molecule has 2 heterocycles. The smallest absolute Gasteiger partial charge is 0.346 e. The number of fused-ring (bicyclic) bond motifs is 1. The maximum atomic E-state index is 13.5. The first-order chi connectivity index (χ1) is 16.5. The standard InChI is InChI=1S/C25H24N3O5P/c29-28(30)23-16-20-8-11-24(33-34(31,26-12-13-26)27-14-15-27)22(20)17-25(23)32-21-9-6-19(7-10-21)18-4-2-1-3-5-18/h1-7,9-10,16-17,24H,8,11-15H2. The third kappa shape index (κ3) is 4.03. The molecule has 0 radical (unpaired) electrons. The number of nitro groups is 1. The highest BCUT2D eigenvalue weighted by Crippen LogP contribution is 2.64. The van der Waals surface area contributed by atoms with E-state index in [0.29, 0.717) is 18.6 Å². The topological polar surface area (TPSA) is 84.7 Å². The van der Waals surface area contributed by atoms with Crippen molar-refractivity contribution in [2.45, 2.75) is 18.9 Å². The summed E-state index contributed by atoms with van der Waals surface area (Å²) < 4.78 is 29.5. The molecule has 2 saturated heterocycles. The molecule has 9 heteroatoms. The van der Waals surface area contributed by atoms with Crippen molar-refractivity contribution in [3.63, 3.8) is 0 Å². The number of nitrogens with zero attached hydrogens (tertiary/aromatic N) is 3. The summed E-state index contributed by atoms with van der Waals surface area (Å²) in [5, 5.41) is 11.8. The zero-order chi connectivity index (χ0) is 23.3. The van der Waals surface area contributed by atoms with E-state index in [2.05, 4.69) is 0 Å². The molecule has 0 amide bonds.